The van der Waals surface area contributed by atoms with Crippen molar-refractivity contribution in [3.63, 3.8) is 0 Å². The molecular weight excluding hydrogens is 221 g/mol. The first-order valence-electron chi connectivity index (χ1n) is 5.69. The molecule has 2 rings (SSSR count). The zero-order valence-electron chi connectivity index (χ0n) is 10.00. The molecule has 1 fully saturated rings. The predicted octanol–water partition coefficient (Wildman–Crippen LogP) is 1.96. The van der Waals surface area contributed by atoms with E-state index in [4.69, 9.17) is 4.74 Å². The first-order valence-corrected chi connectivity index (χ1v) is 5.69. The van der Waals surface area contributed by atoms with Gasteiger partial charge in [0.1, 0.15) is 5.82 Å². The summed E-state index contributed by atoms with van der Waals surface area (Å²) in [5, 5.41) is 3.26. The molecule has 1 heterocycles. The standard InChI is InChI=1S/C13H16FNO2/c1-8-5-9(3-4-11(8)14)12-6-10(7-15-12)13(16)17-2/h3-5,10,12,15H,6-7H2,1-2H3. The molecule has 1 saturated heterocycles. The largest absolute Gasteiger partial charge is 0.469 e. The zero-order valence-corrected chi connectivity index (χ0v) is 10.00. The van der Waals surface area contributed by atoms with Crippen LogP contribution in [0.5, 0.6) is 0 Å². The van der Waals surface area contributed by atoms with Gasteiger partial charge in [-0.3, -0.25) is 4.79 Å². The normalized spacial score (nSPS) is 23.7. The van der Waals surface area contributed by atoms with Crippen LogP contribution in [0.15, 0.2) is 18.2 Å². The number of halogens is 1. The lowest BCUT2D eigenvalue weighted by Crippen LogP contribution is -2.19. The third-order valence-electron chi connectivity index (χ3n) is 3.25. The van der Waals surface area contributed by atoms with E-state index in [-0.39, 0.29) is 23.7 Å². The van der Waals surface area contributed by atoms with Gasteiger partial charge < -0.3 is 10.1 Å². The highest BCUT2D eigenvalue weighted by atomic mass is 19.1. The number of nitrogens with one attached hydrogen (secondary N) is 1. The van der Waals surface area contributed by atoms with Gasteiger partial charge >= 0.3 is 5.97 Å². The third kappa shape index (κ3) is 2.47. The zero-order chi connectivity index (χ0) is 12.4. The quantitative estimate of drug-likeness (QED) is 0.799. The molecule has 92 valence electrons. The second kappa shape index (κ2) is 4.84. The lowest BCUT2D eigenvalue weighted by molar-refractivity contribution is -0.144. The molecule has 0 bridgehead atoms. The molecule has 0 amide bonds. The summed E-state index contributed by atoms with van der Waals surface area (Å²) in [6.45, 7) is 2.36. The second-order valence-electron chi connectivity index (χ2n) is 4.43. The maximum atomic E-state index is 13.2. The molecule has 2 unspecified atom stereocenters. The Morgan fingerprint density at radius 1 is 1.53 bits per heavy atom. The monoisotopic (exact) mass is 237 g/mol. The molecule has 1 aliphatic rings. The van der Waals surface area contributed by atoms with Crippen LogP contribution >= 0.6 is 0 Å². The number of esters is 1. The number of methoxy groups -OCH3 is 1. The van der Waals surface area contributed by atoms with E-state index >= 15 is 0 Å². The van der Waals surface area contributed by atoms with Gasteiger partial charge in [-0.25, -0.2) is 4.39 Å². The minimum Gasteiger partial charge on any atom is -0.469 e. The van der Waals surface area contributed by atoms with E-state index in [9.17, 15) is 9.18 Å². The van der Waals surface area contributed by atoms with Crippen LogP contribution in [0.3, 0.4) is 0 Å². The lowest BCUT2D eigenvalue weighted by Gasteiger charge is -2.11. The Bertz CT molecular complexity index is 433. The number of benzene rings is 1. The van der Waals surface area contributed by atoms with E-state index in [2.05, 4.69) is 5.32 Å². The number of hydrogen-bond donors (Lipinski definition) is 1. The maximum absolute atomic E-state index is 13.2. The molecule has 0 spiro atoms. The second-order valence-corrected chi connectivity index (χ2v) is 4.43. The molecule has 1 aromatic rings. The van der Waals surface area contributed by atoms with Crippen molar-refractivity contribution in [1.82, 2.24) is 5.32 Å². The van der Waals surface area contributed by atoms with Crippen molar-refractivity contribution in [3.05, 3.63) is 35.1 Å². The Balaban J connectivity index is 2.10. The van der Waals surface area contributed by atoms with Gasteiger partial charge in [-0.15, -0.1) is 0 Å². The molecule has 2 atom stereocenters. The van der Waals surface area contributed by atoms with E-state index in [1.54, 1.807) is 13.0 Å². The van der Waals surface area contributed by atoms with Crippen molar-refractivity contribution in [3.8, 4) is 0 Å². The van der Waals surface area contributed by atoms with Gasteiger partial charge in [0.25, 0.3) is 0 Å². The topological polar surface area (TPSA) is 38.3 Å². The lowest BCUT2D eigenvalue weighted by atomic mass is 9.99. The summed E-state index contributed by atoms with van der Waals surface area (Å²) in [5.41, 5.74) is 1.65. The van der Waals surface area contributed by atoms with Gasteiger partial charge in [0.2, 0.25) is 0 Å². The first-order chi connectivity index (χ1) is 8.11. The van der Waals surface area contributed by atoms with E-state index in [0.29, 0.717) is 18.5 Å². The molecule has 17 heavy (non-hydrogen) atoms. The summed E-state index contributed by atoms with van der Waals surface area (Å²) >= 11 is 0. The van der Waals surface area contributed by atoms with E-state index < -0.39 is 0 Å². The number of aryl methyl sites for hydroxylation is 1. The van der Waals surface area contributed by atoms with Crippen LogP contribution in [0.4, 0.5) is 4.39 Å². The Morgan fingerprint density at radius 2 is 2.29 bits per heavy atom. The van der Waals surface area contributed by atoms with Crippen molar-refractivity contribution in [2.24, 2.45) is 5.92 Å². The number of hydrogen-bond acceptors (Lipinski definition) is 3. The highest BCUT2D eigenvalue weighted by Crippen LogP contribution is 2.28. The summed E-state index contributed by atoms with van der Waals surface area (Å²) in [7, 11) is 1.40. The maximum Gasteiger partial charge on any atom is 0.310 e. The van der Waals surface area contributed by atoms with Crippen LogP contribution < -0.4 is 5.32 Å². The predicted molar refractivity (Wildman–Crippen MR) is 62.0 cm³/mol. The summed E-state index contributed by atoms with van der Waals surface area (Å²) in [4.78, 5) is 11.4. The van der Waals surface area contributed by atoms with Crippen LogP contribution in [-0.2, 0) is 9.53 Å². The van der Waals surface area contributed by atoms with Gasteiger partial charge in [-0.1, -0.05) is 12.1 Å². The van der Waals surface area contributed by atoms with E-state index in [1.807, 2.05) is 6.07 Å². The van der Waals surface area contributed by atoms with Crippen LogP contribution in [-0.4, -0.2) is 19.6 Å². The first kappa shape index (κ1) is 12.0. The number of carbonyl (C=O) groups is 1. The molecular formula is C13H16FNO2. The fraction of sp³-hybridized carbons (Fsp3) is 0.462. The minimum absolute atomic E-state index is 0.102. The minimum atomic E-state index is -0.198. The van der Waals surface area contributed by atoms with Crippen molar-refractivity contribution < 1.29 is 13.9 Å². The molecule has 0 aliphatic carbocycles. The highest BCUT2D eigenvalue weighted by molar-refractivity contribution is 5.73. The van der Waals surface area contributed by atoms with Crippen molar-refractivity contribution in [1.29, 1.82) is 0 Å². The van der Waals surface area contributed by atoms with Gasteiger partial charge in [0, 0.05) is 12.6 Å². The molecule has 1 aliphatic heterocycles. The number of rotatable bonds is 2. The van der Waals surface area contributed by atoms with Crippen LogP contribution in [0, 0.1) is 18.7 Å². The average Bonchev–Trinajstić information content (AvgIpc) is 2.81. The molecule has 0 radical (unpaired) electrons. The highest BCUT2D eigenvalue weighted by Gasteiger charge is 2.31. The van der Waals surface area contributed by atoms with Crippen molar-refractivity contribution in [2.75, 3.05) is 13.7 Å². The Hall–Kier alpha value is -1.42. The fourth-order valence-electron chi connectivity index (χ4n) is 2.22. The van der Waals surface area contributed by atoms with Crippen molar-refractivity contribution in [2.45, 2.75) is 19.4 Å². The van der Waals surface area contributed by atoms with Gasteiger partial charge in [-0.2, -0.15) is 0 Å². The molecule has 0 saturated carbocycles. The molecule has 1 aromatic carbocycles. The number of ether oxygens (including phenoxy) is 1. The molecule has 3 nitrogen and oxygen atoms in total. The SMILES string of the molecule is COC(=O)C1CNC(c2ccc(F)c(C)c2)C1. The molecule has 0 aromatic heterocycles. The number of carbonyl (C=O) groups excluding carboxylic acids is 1. The summed E-state index contributed by atoms with van der Waals surface area (Å²) in [6, 6.07) is 5.17. The molecule has 4 heteroatoms. The van der Waals surface area contributed by atoms with Gasteiger partial charge in [-0.05, 0) is 30.5 Å². The molecule has 1 N–H and O–H groups in total. The Labute approximate surface area is 100.0 Å². The van der Waals surface area contributed by atoms with Crippen LogP contribution in [0.1, 0.15) is 23.6 Å². The summed E-state index contributed by atoms with van der Waals surface area (Å²) in [5.74, 6) is -0.481. The summed E-state index contributed by atoms with van der Waals surface area (Å²) < 4.78 is 17.9. The van der Waals surface area contributed by atoms with Gasteiger partial charge in [0.15, 0.2) is 0 Å². The Morgan fingerprint density at radius 3 is 2.94 bits per heavy atom. The smallest absolute Gasteiger partial charge is 0.310 e. The van der Waals surface area contributed by atoms with Gasteiger partial charge in [0.05, 0.1) is 13.0 Å². The van der Waals surface area contributed by atoms with E-state index in [1.165, 1.54) is 13.2 Å². The summed E-state index contributed by atoms with van der Waals surface area (Å²) in [6.07, 6.45) is 0.706. The fourth-order valence-corrected chi connectivity index (χ4v) is 2.22. The van der Waals surface area contributed by atoms with Crippen molar-refractivity contribution >= 4 is 5.97 Å². The van der Waals surface area contributed by atoms with Crippen LogP contribution in [0.2, 0.25) is 0 Å². The average molecular weight is 237 g/mol. The third-order valence-corrected chi connectivity index (χ3v) is 3.25. The Kier molecular flexibility index (Phi) is 3.43. The van der Waals surface area contributed by atoms with E-state index in [0.717, 1.165) is 5.56 Å². The van der Waals surface area contributed by atoms with Crippen LogP contribution in [0.25, 0.3) is 0 Å².